The third kappa shape index (κ3) is 3.71. The predicted molar refractivity (Wildman–Crippen MR) is 103 cm³/mol. The number of aromatic amines is 1. The number of fused-ring (bicyclic) bond motifs is 1. The van der Waals surface area contributed by atoms with Gasteiger partial charge in [-0.25, -0.2) is 0 Å². The molecule has 1 atom stereocenters. The SMILES string of the molecule is NC(=O)c1noc(CC(Cc2ccccc2)c2c[nH]c3ccc(Cl)cc23)n1. The van der Waals surface area contributed by atoms with Crippen LogP contribution in [-0.4, -0.2) is 21.0 Å². The van der Waals surface area contributed by atoms with Crippen LogP contribution in [0.25, 0.3) is 10.9 Å². The normalized spacial score (nSPS) is 12.3. The second-order valence-corrected chi connectivity index (χ2v) is 6.84. The Morgan fingerprint density at radius 3 is 2.74 bits per heavy atom. The zero-order valence-electron chi connectivity index (χ0n) is 14.4. The number of nitrogens with two attached hydrogens (primary N) is 1. The van der Waals surface area contributed by atoms with Gasteiger partial charge in [0.2, 0.25) is 5.89 Å². The minimum absolute atomic E-state index is 0.0563. The van der Waals surface area contributed by atoms with E-state index in [1.807, 2.05) is 42.6 Å². The Balaban J connectivity index is 1.72. The molecule has 4 rings (SSSR count). The summed E-state index contributed by atoms with van der Waals surface area (Å²) in [6.07, 6.45) is 3.24. The van der Waals surface area contributed by atoms with E-state index in [-0.39, 0.29) is 11.7 Å². The Bertz CT molecular complexity index is 1090. The number of aromatic nitrogens is 3. The number of nitrogens with zero attached hydrogens (tertiary/aromatic N) is 2. The fraction of sp³-hybridized carbons (Fsp3) is 0.150. The Hall–Kier alpha value is -3.12. The Labute approximate surface area is 160 Å². The van der Waals surface area contributed by atoms with Crippen LogP contribution in [0.3, 0.4) is 0 Å². The molecule has 0 bridgehead atoms. The maximum Gasteiger partial charge on any atom is 0.290 e. The van der Waals surface area contributed by atoms with E-state index in [4.69, 9.17) is 21.9 Å². The van der Waals surface area contributed by atoms with E-state index in [9.17, 15) is 4.79 Å². The van der Waals surface area contributed by atoms with Crippen molar-refractivity contribution in [3.63, 3.8) is 0 Å². The molecule has 0 aliphatic heterocycles. The molecule has 3 N–H and O–H groups in total. The molecule has 0 saturated carbocycles. The quantitative estimate of drug-likeness (QED) is 0.530. The van der Waals surface area contributed by atoms with Crippen molar-refractivity contribution in [1.82, 2.24) is 15.1 Å². The second-order valence-electron chi connectivity index (χ2n) is 6.40. The van der Waals surface area contributed by atoms with Gasteiger partial charge in [-0.05, 0) is 41.7 Å². The first-order valence-corrected chi connectivity index (χ1v) is 8.91. The van der Waals surface area contributed by atoms with Crippen LogP contribution in [0.5, 0.6) is 0 Å². The molecule has 136 valence electrons. The molecule has 0 saturated heterocycles. The Morgan fingerprint density at radius 2 is 2.00 bits per heavy atom. The van der Waals surface area contributed by atoms with Crippen LogP contribution < -0.4 is 5.73 Å². The van der Waals surface area contributed by atoms with E-state index in [0.717, 1.165) is 22.9 Å². The Morgan fingerprint density at radius 1 is 1.19 bits per heavy atom. The number of nitrogens with one attached hydrogen (secondary N) is 1. The lowest BCUT2D eigenvalue weighted by molar-refractivity contribution is 0.0987. The Kier molecular flexibility index (Phi) is 4.64. The summed E-state index contributed by atoms with van der Waals surface area (Å²) in [7, 11) is 0. The van der Waals surface area contributed by atoms with Crippen molar-refractivity contribution < 1.29 is 9.32 Å². The third-order valence-corrected chi connectivity index (χ3v) is 4.79. The van der Waals surface area contributed by atoms with Crippen LogP contribution in [0, 0.1) is 0 Å². The average Bonchev–Trinajstić information content (AvgIpc) is 3.29. The zero-order valence-corrected chi connectivity index (χ0v) is 15.1. The number of halogens is 1. The molecule has 2 heterocycles. The summed E-state index contributed by atoms with van der Waals surface area (Å²) in [6.45, 7) is 0. The van der Waals surface area contributed by atoms with E-state index in [0.29, 0.717) is 17.3 Å². The lowest BCUT2D eigenvalue weighted by Crippen LogP contribution is -2.13. The van der Waals surface area contributed by atoms with Crippen molar-refractivity contribution >= 4 is 28.4 Å². The molecule has 1 amide bonds. The summed E-state index contributed by atoms with van der Waals surface area (Å²) in [6, 6.07) is 15.9. The fourth-order valence-corrected chi connectivity index (χ4v) is 3.46. The molecule has 0 spiro atoms. The van der Waals surface area contributed by atoms with Crippen LogP contribution in [0.1, 0.15) is 33.6 Å². The van der Waals surface area contributed by atoms with Crippen molar-refractivity contribution in [3.8, 4) is 0 Å². The minimum atomic E-state index is -0.705. The minimum Gasteiger partial charge on any atom is -0.363 e. The lowest BCUT2D eigenvalue weighted by Gasteiger charge is -2.15. The highest BCUT2D eigenvalue weighted by atomic mass is 35.5. The highest BCUT2D eigenvalue weighted by molar-refractivity contribution is 6.31. The summed E-state index contributed by atoms with van der Waals surface area (Å²) in [5.41, 5.74) is 8.53. The number of hydrogen-bond acceptors (Lipinski definition) is 4. The van der Waals surface area contributed by atoms with Gasteiger partial charge in [-0.3, -0.25) is 4.79 Å². The number of primary amides is 1. The standard InChI is InChI=1S/C20H17ClN4O2/c21-14-6-7-17-15(10-14)16(11-23-17)13(8-12-4-2-1-3-5-12)9-18-24-20(19(22)26)25-27-18/h1-7,10-11,13,23H,8-9H2,(H2,22,26). The third-order valence-electron chi connectivity index (χ3n) is 4.55. The monoisotopic (exact) mass is 380 g/mol. The molecule has 2 aromatic carbocycles. The summed E-state index contributed by atoms with van der Waals surface area (Å²) in [5.74, 6) is -0.379. The predicted octanol–water partition coefficient (Wildman–Crippen LogP) is 3.87. The van der Waals surface area contributed by atoms with Gasteiger partial charge in [-0.2, -0.15) is 4.98 Å². The number of carbonyl (C=O) groups is 1. The van der Waals surface area contributed by atoms with Crippen LogP contribution >= 0.6 is 11.6 Å². The molecule has 4 aromatic rings. The van der Waals surface area contributed by atoms with Crippen LogP contribution in [0.4, 0.5) is 0 Å². The van der Waals surface area contributed by atoms with E-state index < -0.39 is 5.91 Å². The topological polar surface area (TPSA) is 97.8 Å². The van der Waals surface area contributed by atoms with Crippen molar-refractivity contribution in [2.24, 2.45) is 5.73 Å². The van der Waals surface area contributed by atoms with Crippen LogP contribution in [0.15, 0.2) is 59.3 Å². The molecular weight excluding hydrogens is 364 g/mol. The lowest BCUT2D eigenvalue weighted by atomic mass is 9.89. The molecule has 0 aliphatic rings. The zero-order chi connectivity index (χ0) is 18.8. The summed E-state index contributed by atoms with van der Waals surface area (Å²) >= 11 is 6.20. The summed E-state index contributed by atoms with van der Waals surface area (Å²) in [5, 5.41) is 5.37. The maximum absolute atomic E-state index is 11.2. The van der Waals surface area contributed by atoms with Gasteiger partial charge in [0.1, 0.15) is 0 Å². The first-order chi connectivity index (χ1) is 13.1. The van der Waals surface area contributed by atoms with Gasteiger partial charge >= 0.3 is 0 Å². The summed E-state index contributed by atoms with van der Waals surface area (Å²) < 4.78 is 5.23. The molecule has 6 nitrogen and oxygen atoms in total. The molecule has 1 unspecified atom stereocenters. The molecular formula is C20H17ClN4O2. The molecule has 2 aromatic heterocycles. The van der Waals surface area contributed by atoms with Gasteiger partial charge in [-0.15, -0.1) is 0 Å². The first kappa shape index (κ1) is 17.3. The van der Waals surface area contributed by atoms with Crippen molar-refractivity contribution in [2.45, 2.75) is 18.8 Å². The number of rotatable bonds is 6. The number of carbonyl (C=O) groups excluding carboxylic acids is 1. The van der Waals surface area contributed by atoms with Gasteiger partial charge < -0.3 is 15.2 Å². The van der Waals surface area contributed by atoms with E-state index in [2.05, 4.69) is 27.3 Å². The van der Waals surface area contributed by atoms with Crippen molar-refractivity contribution in [3.05, 3.63) is 82.6 Å². The number of hydrogen-bond donors (Lipinski definition) is 2. The highest BCUT2D eigenvalue weighted by Gasteiger charge is 2.21. The van der Waals surface area contributed by atoms with Gasteiger partial charge in [-0.1, -0.05) is 47.1 Å². The molecule has 0 fully saturated rings. The molecule has 27 heavy (non-hydrogen) atoms. The first-order valence-electron chi connectivity index (χ1n) is 8.53. The summed E-state index contributed by atoms with van der Waals surface area (Å²) in [4.78, 5) is 18.7. The largest absolute Gasteiger partial charge is 0.363 e. The molecule has 7 heteroatoms. The van der Waals surface area contributed by atoms with Gasteiger partial charge in [0, 0.05) is 28.5 Å². The smallest absolute Gasteiger partial charge is 0.290 e. The number of amides is 1. The van der Waals surface area contributed by atoms with Crippen molar-refractivity contribution in [1.29, 1.82) is 0 Å². The van der Waals surface area contributed by atoms with Gasteiger partial charge in [0.25, 0.3) is 11.7 Å². The maximum atomic E-state index is 11.2. The highest BCUT2D eigenvalue weighted by Crippen LogP contribution is 2.32. The fourth-order valence-electron chi connectivity index (χ4n) is 3.29. The second kappa shape index (κ2) is 7.25. The van der Waals surface area contributed by atoms with E-state index in [1.54, 1.807) is 0 Å². The van der Waals surface area contributed by atoms with Crippen LogP contribution in [0.2, 0.25) is 5.02 Å². The van der Waals surface area contributed by atoms with E-state index >= 15 is 0 Å². The number of benzene rings is 2. The van der Waals surface area contributed by atoms with E-state index in [1.165, 1.54) is 5.56 Å². The molecule has 0 aliphatic carbocycles. The van der Waals surface area contributed by atoms with Gasteiger partial charge in [0.15, 0.2) is 0 Å². The van der Waals surface area contributed by atoms with Crippen LogP contribution in [-0.2, 0) is 12.8 Å². The average molecular weight is 381 g/mol. The number of H-pyrrole nitrogens is 1. The van der Waals surface area contributed by atoms with Crippen molar-refractivity contribution in [2.75, 3.05) is 0 Å². The molecule has 0 radical (unpaired) electrons. The van der Waals surface area contributed by atoms with Gasteiger partial charge in [0.05, 0.1) is 0 Å².